The van der Waals surface area contributed by atoms with Gasteiger partial charge in [-0.05, 0) is 12.0 Å². The Balaban J connectivity index is 2.50. The van der Waals surface area contributed by atoms with Crippen LogP contribution in [0.4, 0.5) is 0 Å². The minimum Gasteiger partial charge on any atom is -0.102 e. The van der Waals surface area contributed by atoms with E-state index in [0.29, 0.717) is 0 Å². The van der Waals surface area contributed by atoms with Crippen molar-refractivity contribution in [3.63, 3.8) is 0 Å². The third-order valence-electron chi connectivity index (χ3n) is 2.44. The summed E-state index contributed by atoms with van der Waals surface area (Å²) in [6, 6.07) is 10.5. The van der Waals surface area contributed by atoms with Crippen LogP contribution < -0.4 is 0 Å². The lowest BCUT2D eigenvalue weighted by Gasteiger charge is -2.11. The third-order valence-corrected chi connectivity index (χ3v) is 2.44. The molecule has 0 N–H and O–H groups in total. The highest BCUT2D eigenvalue weighted by molar-refractivity contribution is 5.35. The fourth-order valence-corrected chi connectivity index (χ4v) is 1.58. The van der Waals surface area contributed by atoms with Crippen LogP contribution in [0.3, 0.4) is 0 Å². The number of benzene rings is 1. The maximum absolute atomic E-state index is 3.88. The van der Waals surface area contributed by atoms with Gasteiger partial charge in [0.05, 0.1) is 0 Å². The summed E-state index contributed by atoms with van der Waals surface area (Å²) in [5, 5.41) is 0. The summed E-state index contributed by atoms with van der Waals surface area (Å²) in [7, 11) is 0. The highest BCUT2D eigenvalue weighted by Gasteiger charge is 2.06. The zero-order chi connectivity index (χ0) is 10.2. The average molecular weight is 187 g/mol. The van der Waals surface area contributed by atoms with E-state index in [9.17, 15) is 0 Å². The fraction of sp³-hybridized carbons (Fsp3) is 0.357. The Hall–Kier alpha value is -1.04. The summed E-state index contributed by atoms with van der Waals surface area (Å²) in [4.78, 5) is 0. The lowest BCUT2D eigenvalue weighted by molar-refractivity contribution is 0.697. The summed E-state index contributed by atoms with van der Waals surface area (Å²) < 4.78 is 0. The molecule has 0 aliphatic heterocycles. The van der Waals surface area contributed by atoms with E-state index in [4.69, 9.17) is 0 Å². The maximum atomic E-state index is 3.88. The lowest BCUT2D eigenvalue weighted by Crippen LogP contribution is -1.95. The van der Waals surface area contributed by atoms with E-state index < -0.39 is 0 Å². The highest BCUT2D eigenvalue weighted by atomic mass is 14.1. The molecule has 1 aromatic carbocycles. The smallest absolute Gasteiger partial charge is 0.0261 e. The Morgan fingerprint density at radius 1 is 1.21 bits per heavy atom. The number of rotatable bonds is 6. The molecular formula is C14H19. The van der Waals surface area contributed by atoms with Crippen molar-refractivity contribution in [2.45, 2.75) is 32.6 Å². The molecule has 0 spiro atoms. The van der Waals surface area contributed by atoms with Crippen LogP contribution in [0.5, 0.6) is 0 Å². The fourth-order valence-electron chi connectivity index (χ4n) is 1.58. The van der Waals surface area contributed by atoms with Crippen molar-refractivity contribution in [1.82, 2.24) is 0 Å². The maximum Gasteiger partial charge on any atom is 0.0261 e. The van der Waals surface area contributed by atoms with Crippen LogP contribution in [0.25, 0.3) is 0 Å². The molecule has 1 radical (unpaired) electrons. The molecule has 1 rings (SSSR count). The molecule has 0 saturated carbocycles. The van der Waals surface area contributed by atoms with E-state index in [2.05, 4.69) is 43.8 Å². The molecule has 14 heavy (non-hydrogen) atoms. The summed E-state index contributed by atoms with van der Waals surface area (Å²) in [6.07, 6.45) is 7.00. The second kappa shape index (κ2) is 6.42. The summed E-state index contributed by atoms with van der Waals surface area (Å²) in [5.74, 6) is 1.37. The number of hydrogen-bond donors (Lipinski definition) is 0. The van der Waals surface area contributed by atoms with Gasteiger partial charge in [-0.15, -0.1) is 6.58 Å². The summed E-state index contributed by atoms with van der Waals surface area (Å²) in [6.45, 7) is 6.11. The summed E-state index contributed by atoms with van der Waals surface area (Å²) in [5.41, 5.74) is 1.32. The van der Waals surface area contributed by atoms with Gasteiger partial charge in [0.25, 0.3) is 0 Å². The molecule has 0 nitrogen and oxygen atoms in total. The SMILES string of the molecule is C=C[C](CCCCC)c1ccccc1. The topological polar surface area (TPSA) is 0 Å². The lowest BCUT2D eigenvalue weighted by atomic mass is 9.93. The van der Waals surface area contributed by atoms with Crippen molar-refractivity contribution in [2.75, 3.05) is 0 Å². The molecule has 0 fully saturated rings. The van der Waals surface area contributed by atoms with Crippen molar-refractivity contribution < 1.29 is 0 Å². The van der Waals surface area contributed by atoms with Crippen LogP contribution in [0.1, 0.15) is 38.2 Å². The van der Waals surface area contributed by atoms with Crippen molar-refractivity contribution in [3.8, 4) is 0 Å². The van der Waals surface area contributed by atoms with Gasteiger partial charge in [0.1, 0.15) is 0 Å². The number of hydrogen-bond acceptors (Lipinski definition) is 0. The van der Waals surface area contributed by atoms with Gasteiger partial charge in [-0.3, -0.25) is 0 Å². The molecule has 0 amide bonds. The highest BCUT2D eigenvalue weighted by Crippen LogP contribution is 2.21. The van der Waals surface area contributed by atoms with E-state index in [1.807, 2.05) is 6.08 Å². The first-order chi connectivity index (χ1) is 6.88. The Kier molecular flexibility index (Phi) is 5.06. The van der Waals surface area contributed by atoms with E-state index >= 15 is 0 Å². The quantitative estimate of drug-likeness (QED) is 0.580. The summed E-state index contributed by atoms with van der Waals surface area (Å²) >= 11 is 0. The van der Waals surface area contributed by atoms with Crippen molar-refractivity contribution in [3.05, 3.63) is 54.5 Å². The average Bonchev–Trinajstić information content (AvgIpc) is 2.26. The Morgan fingerprint density at radius 2 is 1.93 bits per heavy atom. The second-order valence-corrected chi connectivity index (χ2v) is 3.55. The third kappa shape index (κ3) is 3.37. The van der Waals surface area contributed by atoms with Gasteiger partial charge in [0.15, 0.2) is 0 Å². The van der Waals surface area contributed by atoms with Crippen LogP contribution in [0.2, 0.25) is 0 Å². The van der Waals surface area contributed by atoms with E-state index in [-0.39, 0.29) is 0 Å². The monoisotopic (exact) mass is 187 g/mol. The molecule has 0 aliphatic carbocycles. The van der Waals surface area contributed by atoms with E-state index in [0.717, 1.165) is 6.42 Å². The van der Waals surface area contributed by atoms with Gasteiger partial charge < -0.3 is 0 Å². The normalized spacial score (nSPS) is 10.4. The molecule has 0 saturated heterocycles. The minimum atomic E-state index is 1.15. The Labute approximate surface area is 87.7 Å². The van der Waals surface area contributed by atoms with Gasteiger partial charge in [-0.1, -0.05) is 62.6 Å². The number of unbranched alkanes of at least 4 members (excludes halogenated alkanes) is 2. The van der Waals surface area contributed by atoms with Gasteiger partial charge in [0.2, 0.25) is 0 Å². The van der Waals surface area contributed by atoms with Crippen LogP contribution >= 0.6 is 0 Å². The van der Waals surface area contributed by atoms with Crippen molar-refractivity contribution >= 4 is 0 Å². The van der Waals surface area contributed by atoms with Crippen molar-refractivity contribution in [2.24, 2.45) is 0 Å². The zero-order valence-corrected chi connectivity index (χ0v) is 9.00. The zero-order valence-electron chi connectivity index (χ0n) is 9.00. The first-order valence-corrected chi connectivity index (χ1v) is 5.42. The standard InChI is InChI=1S/C14H19/c1-3-5-7-10-13(4-2)14-11-8-6-9-12-14/h4,6,8-9,11-12H,2-3,5,7,10H2,1H3. The van der Waals surface area contributed by atoms with Gasteiger partial charge >= 0.3 is 0 Å². The molecule has 0 atom stereocenters. The van der Waals surface area contributed by atoms with Crippen LogP contribution in [-0.4, -0.2) is 0 Å². The molecule has 0 unspecified atom stereocenters. The first-order valence-electron chi connectivity index (χ1n) is 5.42. The van der Waals surface area contributed by atoms with Crippen LogP contribution in [-0.2, 0) is 0 Å². The number of allylic oxidation sites excluding steroid dienone is 1. The van der Waals surface area contributed by atoms with Gasteiger partial charge in [0, 0.05) is 5.92 Å². The molecule has 0 bridgehead atoms. The Bertz CT molecular complexity index is 248. The molecule has 0 heterocycles. The van der Waals surface area contributed by atoms with E-state index in [1.54, 1.807) is 0 Å². The molecule has 1 aromatic rings. The minimum absolute atomic E-state index is 1.15. The van der Waals surface area contributed by atoms with Crippen molar-refractivity contribution in [1.29, 1.82) is 0 Å². The predicted molar refractivity (Wildman–Crippen MR) is 63.1 cm³/mol. The van der Waals surface area contributed by atoms with Crippen LogP contribution in [0.15, 0.2) is 43.0 Å². The molecule has 0 aliphatic rings. The second-order valence-electron chi connectivity index (χ2n) is 3.55. The van der Waals surface area contributed by atoms with Gasteiger partial charge in [-0.2, -0.15) is 0 Å². The Morgan fingerprint density at radius 3 is 2.50 bits per heavy atom. The van der Waals surface area contributed by atoms with Crippen LogP contribution in [0, 0.1) is 5.92 Å². The molecule has 0 heteroatoms. The largest absolute Gasteiger partial charge is 0.102 e. The predicted octanol–water partition coefficient (Wildman–Crippen LogP) is 4.38. The molecule has 75 valence electrons. The first kappa shape index (κ1) is 11.0. The molecular weight excluding hydrogens is 168 g/mol. The van der Waals surface area contributed by atoms with Gasteiger partial charge in [-0.25, -0.2) is 0 Å². The molecule has 0 aromatic heterocycles. The van der Waals surface area contributed by atoms with E-state index in [1.165, 1.54) is 30.7 Å².